The molecule has 320 valence electrons. The summed E-state index contributed by atoms with van der Waals surface area (Å²) in [6.07, 6.45) is 11.2. The molecule has 0 unspecified atom stereocenters. The van der Waals surface area contributed by atoms with Crippen LogP contribution in [0.5, 0.6) is 11.5 Å². The molecular formula is C42H51N13O6. The monoisotopic (exact) mass is 833 g/mol. The predicted molar refractivity (Wildman–Crippen MR) is 233 cm³/mol. The Morgan fingerprint density at radius 3 is 2.08 bits per heavy atom. The van der Waals surface area contributed by atoms with Gasteiger partial charge in [0.2, 0.25) is 23.7 Å². The van der Waals surface area contributed by atoms with Gasteiger partial charge in [-0.15, -0.1) is 0 Å². The third-order valence-electron chi connectivity index (χ3n) is 9.76. The molecule has 19 nitrogen and oxygen atoms in total. The van der Waals surface area contributed by atoms with Gasteiger partial charge in [-0.2, -0.15) is 5.10 Å². The van der Waals surface area contributed by atoms with Gasteiger partial charge in [-0.25, -0.2) is 9.97 Å². The van der Waals surface area contributed by atoms with Crippen LogP contribution in [0.2, 0.25) is 0 Å². The molecule has 1 atom stereocenters. The summed E-state index contributed by atoms with van der Waals surface area (Å²) in [6.45, 7) is 9.36. The van der Waals surface area contributed by atoms with Crippen LogP contribution >= 0.6 is 0 Å². The molecule has 0 aliphatic carbocycles. The number of aryl methyl sites for hydroxylation is 2. The third kappa shape index (κ3) is 9.96. The molecule has 19 heteroatoms. The lowest BCUT2D eigenvalue weighted by Gasteiger charge is -2.13. The summed E-state index contributed by atoms with van der Waals surface area (Å²) in [5.74, 6) is -1.40. The molecule has 0 radical (unpaired) electrons. The van der Waals surface area contributed by atoms with Crippen molar-refractivity contribution in [3.63, 3.8) is 0 Å². The molecule has 3 aromatic heterocycles. The van der Waals surface area contributed by atoms with Crippen molar-refractivity contribution < 1.29 is 28.7 Å². The Kier molecular flexibility index (Phi) is 13.6. The van der Waals surface area contributed by atoms with Gasteiger partial charge in [0.05, 0.1) is 23.8 Å². The van der Waals surface area contributed by atoms with Gasteiger partial charge in [0, 0.05) is 49.0 Å². The lowest BCUT2D eigenvalue weighted by Crippen LogP contribution is -2.24. The summed E-state index contributed by atoms with van der Waals surface area (Å²) < 4.78 is 17.0. The number of carbonyl (C=O) groups is 4. The molecule has 5 aromatic rings. The van der Waals surface area contributed by atoms with Crippen molar-refractivity contribution in [3.05, 3.63) is 88.9 Å². The van der Waals surface area contributed by atoms with Gasteiger partial charge in [-0.05, 0) is 89.6 Å². The van der Waals surface area contributed by atoms with E-state index >= 15 is 0 Å². The molecule has 61 heavy (non-hydrogen) atoms. The van der Waals surface area contributed by atoms with E-state index < -0.39 is 23.6 Å². The van der Waals surface area contributed by atoms with Crippen molar-refractivity contribution in [2.45, 2.75) is 66.2 Å². The predicted octanol–water partition coefficient (Wildman–Crippen LogP) is 3.57. The average molecular weight is 834 g/mol. The first-order valence-corrected chi connectivity index (χ1v) is 19.9. The molecule has 1 saturated heterocycles. The summed E-state index contributed by atoms with van der Waals surface area (Å²) in [5, 5.41) is 13.6. The fourth-order valence-corrected chi connectivity index (χ4v) is 7.02. The number of fused-ring (bicyclic) bond motifs is 2. The number of aliphatic imine (C=N–C) groups is 1. The maximum Gasteiger partial charge on any atom is 0.276 e. The second kappa shape index (κ2) is 19.2. The third-order valence-corrected chi connectivity index (χ3v) is 9.76. The standard InChI is InChI=1S/C42H51N13O6/c1-6-46-31(18-24(3)43)39(58)50-41-49-30-21-27(38(45)57)23-34(61-17-11-13-28-12-10-14-47-28)36(30)54(41)16-9-8-15-53-35-29(20-26(37(44)56)22-33(35)60-5)48-42(53)51-40(59)32-19-25(4)52-55(32)7-2/h8-9,11,13,18-23,28,47H,6-7,10,12,14-17,43H2,1-5H3,(H2,44,56)(H2,45,57)(H,48,51,59)(H,49,50,58)/b9-8+,13-11+,24-18-,46-31?/t28-/m0/s1. The van der Waals surface area contributed by atoms with Gasteiger partial charge < -0.3 is 41.1 Å². The first kappa shape index (κ1) is 43.3. The van der Waals surface area contributed by atoms with Crippen LogP contribution in [0.4, 0.5) is 11.9 Å². The van der Waals surface area contributed by atoms with E-state index in [1.54, 1.807) is 46.7 Å². The van der Waals surface area contributed by atoms with E-state index in [9.17, 15) is 19.2 Å². The van der Waals surface area contributed by atoms with E-state index in [1.165, 1.54) is 31.4 Å². The van der Waals surface area contributed by atoms with Gasteiger partial charge in [0.1, 0.15) is 40.5 Å². The van der Waals surface area contributed by atoms with E-state index in [-0.39, 0.29) is 54.5 Å². The second-order valence-corrected chi connectivity index (χ2v) is 14.3. The smallest absolute Gasteiger partial charge is 0.276 e. The van der Waals surface area contributed by atoms with Gasteiger partial charge >= 0.3 is 0 Å². The van der Waals surface area contributed by atoms with Crippen LogP contribution in [-0.4, -0.2) is 91.1 Å². The number of primary amides is 2. The van der Waals surface area contributed by atoms with Gasteiger partial charge in [-0.1, -0.05) is 18.2 Å². The Bertz CT molecular complexity index is 2600. The van der Waals surface area contributed by atoms with Gasteiger partial charge in [0.15, 0.2) is 0 Å². The lowest BCUT2D eigenvalue weighted by atomic mass is 10.1. The van der Waals surface area contributed by atoms with E-state index in [1.807, 2.05) is 25.2 Å². The highest BCUT2D eigenvalue weighted by molar-refractivity contribution is 6.47. The van der Waals surface area contributed by atoms with Gasteiger partial charge in [-0.3, -0.25) is 39.5 Å². The number of benzene rings is 2. The first-order chi connectivity index (χ1) is 29.3. The van der Waals surface area contributed by atoms with Crippen molar-refractivity contribution in [1.82, 2.24) is 34.2 Å². The lowest BCUT2D eigenvalue weighted by molar-refractivity contribution is -0.110. The number of carbonyl (C=O) groups excluding carboxylic acids is 4. The average Bonchev–Trinajstić information content (AvgIpc) is 4.03. The van der Waals surface area contributed by atoms with Crippen LogP contribution in [0.15, 0.2) is 71.4 Å². The summed E-state index contributed by atoms with van der Waals surface area (Å²) in [7, 11) is 1.46. The SMILES string of the molecule is CCN=C(/C=C(/C)N)C(=O)Nc1nc2cc(C(N)=O)cc(OC/C=C/[C@@H]3CCCN3)c2n1C/C=C/Cn1c(NC(=O)c2cc(C)nn2CC)nc2cc(C(N)=O)cc(OC)c21. The number of ether oxygens (including phenoxy) is 2. The summed E-state index contributed by atoms with van der Waals surface area (Å²) in [6, 6.07) is 8.06. The minimum Gasteiger partial charge on any atom is -0.494 e. The van der Waals surface area contributed by atoms with Crippen LogP contribution in [0.25, 0.3) is 22.1 Å². The molecule has 4 heterocycles. The highest BCUT2D eigenvalue weighted by Gasteiger charge is 2.23. The number of aromatic nitrogens is 6. The highest BCUT2D eigenvalue weighted by Crippen LogP contribution is 2.33. The summed E-state index contributed by atoms with van der Waals surface area (Å²) in [5.41, 5.74) is 20.8. The summed E-state index contributed by atoms with van der Waals surface area (Å²) >= 11 is 0. The minimum atomic E-state index is -0.679. The zero-order chi connectivity index (χ0) is 43.8. The van der Waals surface area contributed by atoms with Gasteiger partial charge in [0.25, 0.3) is 11.8 Å². The number of rotatable bonds is 18. The molecule has 0 spiro atoms. The van der Waals surface area contributed by atoms with E-state index in [0.717, 1.165) is 19.4 Å². The Balaban J connectivity index is 1.40. The molecule has 0 saturated carbocycles. The molecule has 4 amide bonds. The minimum absolute atomic E-state index is 0.101. The second-order valence-electron chi connectivity index (χ2n) is 14.3. The van der Waals surface area contributed by atoms with E-state index in [2.05, 4.69) is 37.1 Å². The number of hydrogen-bond donors (Lipinski definition) is 6. The molecule has 1 fully saturated rings. The molecule has 6 rings (SSSR count). The number of nitrogens with two attached hydrogens (primary N) is 3. The molecular weight excluding hydrogens is 783 g/mol. The number of nitrogens with zero attached hydrogens (tertiary/aromatic N) is 7. The van der Waals surface area contributed by atoms with Crippen molar-refractivity contribution in [2.24, 2.45) is 22.2 Å². The largest absolute Gasteiger partial charge is 0.494 e. The number of amides is 4. The Morgan fingerprint density at radius 2 is 1.52 bits per heavy atom. The van der Waals surface area contributed by atoms with E-state index in [4.69, 9.17) is 31.7 Å². The Labute approximate surface area is 351 Å². The number of imidazole rings is 2. The Hall–Kier alpha value is -7.28. The van der Waals surface area contributed by atoms with Crippen LogP contribution in [0.1, 0.15) is 70.5 Å². The van der Waals surface area contributed by atoms with Crippen LogP contribution in [0, 0.1) is 6.92 Å². The maximum absolute atomic E-state index is 13.6. The van der Waals surface area contributed by atoms with E-state index in [0.29, 0.717) is 63.7 Å². The maximum atomic E-state index is 13.6. The quantitative estimate of drug-likeness (QED) is 0.0549. The summed E-state index contributed by atoms with van der Waals surface area (Å²) in [4.78, 5) is 65.7. The van der Waals surface area contributed by atoms with Crippen molar-refractivity contribution >= 4 is 63.3 Å². The zero-order valence-electron chi connectivity index (χ0n) is 34.8. The fraction of sp³-hybridized carbons (Fsp3) is 0.333. The molecule has 1 aliphatic heterocycles. The van der Waals surface area contributed by atoms with Crippen molar-refractivity contribution in [2.75, 3.05) is 37.4 Å². The topological polar surface area (TPSA) is 267 Å². The van der Waals surface area contributed by atoms with Crippen molar-refractivity contribution in [1.29, 1.82) is 0 Å². The Morgan fingerprint density at radius 1 is 0.902 bits per heavy atom. The number of hydrogen-bond acceptors (Lipinski definition) is 12. The number of anilines is 2. The van der Waals surface area contributed by atoms with Crippen LogP contribution in [0.3, 0.4) is 0 Å². The number of methoxy groups -OCH3 is 1. The zero-order valence-corrected chi connectivity index (χ0v) is 34.8. The fourth-order valence-electron chi connectivity index (χ4n) is 7.02. The first-order valence-electron chi connectivity index (χ1n) is 19.9. The number of allylic oxidation sites excluding steroid dienone is 3. The number of nitrogens with one attached hydrogen (secondary N) is 3. The molecule has 2 aromatic carbocycles. The van der Waals surface area contributed by atoms with Crippen molar-refractivity contribution in [3.8, 4) is 11.5 Å². The van der Waals surface area contributed by atoms with Crippen LogP contribution < -0.4 is 42.6 Å². The highest BCUT2D eigenvalue weighted by atomic mass is 16.5. The normalized spacial score (nSPS) is 14.7. The molecule has 0 bridgehead atoms. The molecule has 9 N–H and O–H groups in total. The van der Waals surface area contributed by atoms with Crippen LogP contribution in [-0.2, 0) is 24.4 Å². The molecule has 1 aliphatic rings.